The minimum absolute atomic E-state index is 0.0106. The minimum atomic E-state index is 0.0106. The lowest BCUT2D eigenvalue weighted by atomic mass is 9.87. The molecule has 1 heterocycles. The van der Waals surface area contributed by atoms with Gasteiger partial charge in [-0.2, -0.15) is 5.10 Å². The molecule has 0 bridgehead atoms. The summed E-state index contributed by atoms with van der Waals surface area (Å²) in [5.41, 5.74) is 1.80. The Balaban J connectivity index is 1.80. The molecule has 4 heteroatoms. The van der Waals surface area contributed by atoms with Crippen LogP contribution < -0.4 is 5.32 Å². The van der Waals surface area contributed by atoms with Gasteiger partial charge >= 0.3 is 0 Å². The number of aromatic nitrogens is 2. The maximum atomic E-state index is 12.3. The third kappa shape index (κ3) is 2.23. The van der Waals surface area contributed by atoms with Crippen molar-refractivity contribution in [1.29, 1.82) is 0 Å². The molecular formula is C15H19N3O. The molecule has 0 saturated heterocycles. The Morgan fingerprint density at radius 3 is 3.05 bits per heavy atom. The van der Waals surface area contributed by atoms with Crippen molar-refractivity contribution in [2.45, 2.75) is 39.2 Å². The number of hydrogen-bond acceptors (Lipinski definition) is 2. The van der Waals surface area contributed by atoms with Gasteiger partial charge in [0.2, 0.25) is 0 Å². The van der Waals surface area contributed by atoms with Gasteiger partial charge in [0.1, 0.15) is 0 Å². The third-order valence-electron chi connectivity index (χ3n) is 4.27. The first-order valence-corrected chi connectivity index (χ1v) is 6.80. The quantitative estimate of drug-likeness (QED) is 0.869. The van der Waals surface area contributed by atoms with Gasteiger partial charge in [-0.3, -0.25) is 9.89 Å². The Hall–Kier alpha value is -1.84. The number of fused-ring (bicyclic) bond motifs is 1. The summed E-state index contributed by atoms with van der Waals surface area (Å²) in [7, 11) is 0. The van der Waals surface area contributed by atoms with E-state index in [1.807, 2.05) is 18.2 Å². The molecule has 1 aromatic heterocycles. The van der Waals surface area contributed by atoms with Gasteiger partial charge in [0, 0.05) is 17.0 Å². The third-order valence-corrected chi connectivity index (χ3v) is 4.27. The van der Waals surface area contributed by atoms with Crippen molar-refractivity contribution < 1.29 is 4.79 Å². The van der Waals surface area contributed by atoms with E-state index in [-0.39, 0.29) is 17.4 Å². The summed E-state index contributed by atoms with van der Waals surface area (Å²) in [6, 6.07) is 5.92. The van der Waals surface area contributed by atoms with Crippen molar-refractivity contribution in [2.24, 2.45) is 5.41 Å². The largest absolute Gasteiger partial charge is 0.349 e. The SMILES string of the molecule is CC1(C)CCCC1NC(=O)c1ccc2cn[nH]c2c1. The van der Waals surface area contributed by atoms with Crippen LogP contribution in [0.1, 0.15) is 43.5 Å². The van der Waals surface area contributed by atoms with Crippen LogP contribution in [0, 0.1) is 5.41 Å². The van der Waals surface area contributed by atoms with Crippen LogP contribution >= 0.6 is 0 Å². The van der Waals surface area contributed by atoms with Crippen LogP contribution in [0.4, 0.5) is 0 Å². The second kappa shape index (κ2) is 4.37. The van der Waals surface area contributed by atoms with Crippen molar-refractivity contribution in [3.63, 3.8) is 0 Å². The molecular weight excluding hydrogens is 238 g/mol. The average Bonchev–Trinajstić information content (AvgIpc) is 2.95. The van der Waals surface area contributed by atoms with E-state index in [2.05, 4.69) is 29.4 Å². The number of amides is 1. The lowest BCUT2D eigenvalue weighted by Crippen LogP contribution is -2.41. The van der Waals surface area contributed by atoms with E-state index < -0.39 is 0 Å². The minimum Gasteiger partial charge on any atom is -0.349 e. The highest BCUT2D eigenvalue weighted by atomic mass is 16.1. The number of nitrogens with one attached hydrogen (secondary N) is 2. The zero-order valence-corrected chi connectivity index (χ0v) is 11.4. The van der Waals surface area contributed by atoms with E-state index in [0.717, 1.165) is 17.3 Å². The molecule has 1 aliphatic rings. The second-order valence-corrected chi connectivity index (χ2v) is 6.08. The van der Waals surface area contributed by atoms with Crippen molar-refractivity contribution in [3.8, 4) is 0 Å². The van der Waals surface area contributed by atoms with Gasteiger partial charge in [0.25, 0.3) is 5.91 Å². The predicted molar refractivity (Wildman–Crippen MR) is 75.0 cm³/mol. The molecule has 1 unspecified atom stereocenters. The van der Waals surface area contributed by atoms with Gasteiger partial charge in [-0.1, -0.05) is 26.3 Å². The Kier molecular flexibility index (Phi) is 2.81. The number of aromatic amines is 1. The molecule has 1 amide bonds. The van der Waals surface area contributed by atoms with Crippen LogP contribution in [-0.2, 0) is 0 Å². The maximum absolute atomic E-state index is 12.3. The fraction of sp³-hybridized carbons (Fsp3) is 0.467. The number of carbonyl (C=O) groups is 1. The van der Waals surface area contributed by atoms with Crippen LogP contribution in [0.3, 0.4) is 0 Å². The van der Waals surface area contributed by atoms with Crippen molar-refractivity contribution in [2.75, 3.05) is 0 Å². The molecule has 100 valence electrons. The number of rotatable bonds is 2. The van der Waals surface area contributed by atoms with E-state index in [4.69, 9.17) is 0 Å². The summed E-state index contributed by atoms with van der Waals surface area (Å²) in [6.45, 7) is 4.45. The van der Waals surface area contributed by atoms with Crippen molar-refractivity contribution in [3.05, 3.63) is 30.0 Å². The summed E-state index contributed by atoms with van der Waals surface area (Å²) in [4.78, 5) is 12.3. The van der Waals surface area contributed by atoms with Gasteiger partial charge in [0.05, 0.1) is 11.7 Å². The van der Waals surface area contributed by atoms with Crippen LogP contribution in [0.15, 0.2) is 24.4 Å². The van der Waals surface area contributed by atoms with E-state index in [1.165, 1.54) is 12.8 Å². The number of nitrogens with zero attached hydrogens (tertiary/aromatic N) is 1. The highest BCUT2D eigenvalue weighted by Gasteiger charge is 2.35. The Morgan fingerprint density at radius 1 is 1.47 bits per heavy atom. The van der Waals surface area contributed by atoms with Crippen LogP contribution in [0.2, 0.25) is 0 Å². The van der Waals surface area contributed by atoms with Gasteiger partial charge in [0.15, 0.2) is 0 Å². The summed E-state index contributed by atoms with van der Waals surface area (Å²) >= 11 is 0. The van der Waals surface area contributed by atoms with Gasteiger partial charge in [-0.25, -0.2) is 0 Å². The fourth-order valence-electron chi connectivity index (χ4n) is 2.91. The van der Waals surface area contributed by atoms with Crippen LogP contribution in [0.5, 0.6) is 0 Å². The Labute approximate surface area is 112 Å². The number of H-pyrrole nitrogens is 1. The Morgan fingerprint density at radius 2 is 2.32 bits per heavy atom. The van der Waals surface area contributed by atoms with E-state index >= 15 is 0 Å². The lowest BCUT2D eigenvalue weighted by molar-refractivity contribution is 0.0910. The molecule has 0 aliphatic heterocycles. The summed E-state index contributed by atoms with van der Waals surface area (Å²) in [5.74, 6) is 0.0106. The molecule has 1 aromatic carbocycles. The maximum Gasteiger partial charge on any atom is 0.251 e. The molecule has 1 fully saturated rings. The second-order valence-electron chi connectivity index (χ2n) is 6.08. The van der Waals surface area contributed by atoms with Gasteiger partial charge in [-0.05, 0) is 30.4 Å². The first-order valence-electron chi connectivity index (χ1n) is 6.80. The molecule has 1 atom stereocenters. The highest BCUT2D eigenvalue weighted by molar-refractivity contribution is 5.97. The summed E-state index contributed by atoms with van der Waals surface area (Å²) in [6.07, 6.45) is 5.21. The number of benzene rings is 1. The van der Waals surface area contributed by atoms with Crippen molar-refractivity contribution in [1.82, 2.24) is 15.5 Å². The molecule has 1 saturated carbocycles. The normalized spacial score (nSPS) is 21.7. The first-order chi connectivity index (χ1) is 9.06. The number of carbonyl (C=O) groups excluding carboxylic acids is 1. The summed E-state index contributed by atoms with van der Waals surface area (Å²) in [5, 5.41) is 11.1. The highest BCUT2D eigenvalue weighted by Crippen LogP contribution is 2.37. The molecule has 2 N–H and O–H groups in total. The van der Waals surface area contributed by atoms with Crippen molar-refractivity contribution >= 4 is 16.8 Å². The zero-order chi connectivity index (χ0) is 13.5. The van der Waals surface area contributed by atoms with E-state index in [9.17, 15) is 4.79 Å². The topological polar surface area (TPSA) is 57.8 Å². The van der Waals surface area contributed by atoms with E-state index in [0.29, 0.717) is 5.56 Å². The standard InChI is InChI=1S/C15H19N3O/c1-15(2)7-3-4-13(15)17-14(19)10-5-6-11-9-16-18-12(11)8-10/h5-6,8-9,13H,3-4,7H2,1-2H3,(H,16,18)(H,17,19). The van der Waals surface area contributed by atoms with Crippen LogP contribution in [-0.4, -0.2) is 22.1 Å². The molecule has 19 heavy (non-hydrogen) atoms. The van der Waals surface area contributed by atoms with Gasteiger partial charge in [-0.15, -0.1) is 0 Å². The Bertz CT molecular complexity index is 615. The molecule has 0 radical (unpaired) electrons. The lowest BCUT2D eigenvalue weighted by Gasteiger charge is -2.27. The molecule has 0 spiro atoms. The molecule has 2 aromatic rings. The average molecular weight is 257 g/mol. The smallest absolute Gasteiger partial charge is 0.251 e. The van der Waals surface area contributed by atoms with Gasteiger partial charge < -0.3 is 5.32 Å². The molecule has 3 rings (SSSR count). The first kappa shape index (κ1) is 12.2. The fourth-order valence-corrected chi connectivity index (χ4v) is 2.91. The summed E-state index contributed by atoms with van der Waals surface area (Å²) < 4.78 is 0. The van der Waals surface area contributed by atoms with Crippen LogP contribution in [0.25, 0.3) is 10.9 Å². The monoisotopic (exact) mass is 257 g/mol. The molecule has 1 aliphatic carbocycles. The zero-order valence-electron chi connectivity index (χ0n) is 11.4. The molecule has 4 nitrogen and oxygen atoms in total. The van der Waals surface area contributed by atoms with E-state index in [1.54, 1.807) is 6.20 Å². The predicted octanol–water partition coefficient (Wildman–Crippen LogP) is 2.87. The number of hydrogen-bond donors (Lipinski definition) is 2.